The lowest BCUT2D eigenvalue weighted by atomic mass is 9.80. The van der Waals surface area contributed by atoms with E-state index in [-0.39, 0.29) is 12.4 Å². The van der Waals surface area contributed by atoms with E-state index < -0.39 is 11.9 Å². The van der Waals surface area contributed by atoms with E-state index in [1.807, 2.05) is 18.2 Å². The number of Topliss-reactive ketones (excluding diaryl/α,β-unsaturated/α-hetero) is 1. The molecule has 0 amide bonds. The van der Waals surface area contributed by atoms with Gasteiger partial charge in [-0.2, -0.15) is 0 Å². The number of hydrogen-bond donors (Lipinski definition) is 1. The van der Waals surface area contributed by atoms with Gasteiger partial charge in [-0.05, 0) is 36.8 Å². The van der Waals surface area contributed by atoms with Crippen molar-refractivity contribution in [2.45, 2.75) is 19.4 Å². The Morgan fingerprint density at radius 2 is 1.72 bits per heavy atom. The van der Waals surface area contributed by atoms with Crippen LogP contribution in [0, 0.1) is 0 Å². The van der Waals surface area contributed by atoms with Gasteiger partial charge in [0.15, 0.2) is 5.78 Å². The van der Waals surface area contributed by atoms with Gasteiger partial charge in [-0.3, -0.25) is 4.79 Å². The molecule has 0 fully saturated rings. The van der Waals surface area contributed by atoms with Gasteiger partial charge in [-0.1, -0.05) is 71.2 Å². The van der Waals surface area contributed by atoms with Crippen LogP contribution in [0.2, 0.25) is 15.1 Å². The lowest BCUT2D eigenvalue weighted by Gasteiger charge is -2.29. The maximum Gasteiger partial charge on any atom is 0.336 e. The molecule has 0 unspecified atom stereocenters. The lowest BCUT2D eigenvalue weighted by molar-refractivity contribution is -0.136. The summed E-state index contributed by atoms with van der Waals surface area (Å²) in [5, 5.41) is 4.63. The second-order valence-corrected chi connectivity index (χ2v) is 9.72. The van der Waals surface area contributed by atoms with E-state index in [1.54, 1.807) is 49.4 Å². The number of rotatable bonds is 5. The van der Waals surface area contributed by atoms with E-state index in [2.05, 4.69) is 5.32 Å². The zero-order chi connectivity index (χ0) is 25.6. The average molecular weight is 541 g/mol. The van der Waals surface area contributed by atoms with Gasteiger partial charge in [0.1, 0.15) is 12.4 Å². The molecule has 0 spiro atoms. The van der Waals surface area contributed by atoms with Crippen LogP contribution in [-0.2, 0) is 16.1 Å². The number of methoxy groups -OCH3 is 1. The van der Waals surface area contributed by atoms with E-state index in [1.165, 1.54) is 7.11 Å². The zero-order valence-corrected chi connectivity index (χ0v) is 21.6. The molecule has 182 valence electrons. The SMILES string of the molecule is COC(=O)C1=C(C)NC2=C(C(=O)c3ccccc32)[C@H]1c1ccc(OCc2ccc(Cl)cc2Cl)c(Cl)c1. The van der Waals surface area contributed by atoms with Crippen LogP contribution in [0.4, 0.5) is 0 Å². The second kappa shape index (κ2) is 9.66. The number of carbonyl (C=O) groups excluding carboxylic acids is 2. The van der Waals surface area contributed by atoms with Crippen LogP contribution in [-0.4, -0.2) is 18.9 Å². The number of ether oxygens (including phenoxy) is 2. The van der Waals surface area contributed by atoms with Crippen molar-refractivity contribution in [3.8, 4) is 5.75 Å². The number of benzene rings is 3. The molecule has 5 rings (SSSR count). The fourth-order valence-electron chi connectivity index (χ4n) is 4.65. The first kappa shape index (κ1) is 24.4. The molecule has 5 nitrogen and oxygen atoms in total. The summed E-state index contributed by atoms with van der Waals surface area (Å²) in [4.78, 5) is 26.4. The number of dihydropyridines is 1. The predicted molar refractivity (Wildman–Crippen MR) is 141 cm³/mol. The molecule has 1 aliphatic carbocycles. The molecule has 8 heteroatoms. The average Bonchev–Trinajstić information content (AvgIpc) is 3.14. The fourth-order valence-corrected chi connectivity index (χ4v) is 5.36. The van der Waals surface area contributed by atoms with Crippen molar-refractivity contribution >= 4 is 52.3 Å². The highest BCUT2D eigenvalue weighted by Gasteiger charge is 2.42. The van der Waals surface area contributed by atoms with Crippen molar-refractivity contribution in [1.29, 1.82) is 0 Å². The predicted octanol–water partition coefficient (Wildman–Crippen LogP) is 6.97. The fraction of sp³-hybridized carbons (Fsp3) is 0.143. The van der Waals surface area contributed by atoms with E-state index in [0.29, 0.717) is 54.5 Å². The van der Waals surface area contributed by atoms with Crippen LogP contribution in [0.1, 0.15) is 39.9 Å². The first-order valence-electron chi connectivity index (χ1n) is 11.1. The quantitative estimate of drug-likeness (QED) is 0.354. The number of allylic oxidation sites excluding steroid dienone is 2. The summed E-state index contributed by atoms with van der Waals surface area (Å²) in [6.07, 6.45) is 0. The first-order chi connectivity index (χ1) is 17.3. The molecule has 36 heavy (non-hydrogen) atoms. The molecule has 1 atom stereocenters. The Hall–Kier alpha value is -3.25. The van der Waals surface area contributed by atoms with Crippen molar-refractivity contribution in [2.24, 2.45) is 0 Å². The molecule has 1 N–H and O–H groups in total. The molecule has 0 bridgehead atoms. The summed E-state index contributed by atoms with van der Waals surface area (Å²) in [5.41, 5.74) is 4.97. The smallest absolute Gasteiger partial charge is 0.336 e. The van der Waals surface area contributed by atoms with Crippen molar-refractivity contribution < 1.29 is 19.1 Å². The Bertz CT molecular complexity index is 1490. The van der Waals surface area contributed by atoms with E-state index in [4.69, 9.17) is 44.3 Å². The number of halogens is 3. The number of nitrogens with one attached hydrogen (secondary N) is 1. The summed E-state index contributed by atoms with van der Waals surface area (Å²) in [5.74, 6) is -0.878. The Morgan fingerprint density at radius 1 is 0.972 bits per heavy atom. The van der Waals surface area contributed by atoms with Gasteiger partial charge in [-0.25, -0.2) is 4.79 Å². The third-order valence-corrected chi connectivity index (χ3v) is 7.22. The van der Waals surface area contributed by atoms with Crippen LogP contribution >= 0.6 is 34.8 Å². The molecule has 2 aliphatic rings. The number of fused-ring (bicyclic) bond motifs is 2. The number of esters is 1. The van der Waals surface area contributed by atoms with Crippen LogP contribution in [0.15, 0.2) is 77.5 Å². The number of carbonyl (C=O) groups is 2. The minimum Gasteiger partial charge on any atom is -0.487 e. The molecule has 0 saturated heterocycles. The second-order valence-electron chi connectivity index (χ2n) is 8.47. The molecule has 0 saturated carbocycles. The van der Waals surface area contributed by atoms with E-state index in [0.717, 1.165) is 11.1 Å². The normalized spacial score (nSPS) is 16.5. The van der Waals surface area contributed by atoms with Gasteiger partial charge in [0.05, 0.1) is 23.4 Å². The molecule has 3 aromatic carbocycles. The minimum atomic E-state index is -0.661. The maximum atomic E-state index is 13.5. The Morgan fingerprint density at radius 3 is 2.42 bits per heavy atom. The maximum absolute atomic E-state index is 13.5. The van der Waals surface area contributed by atoms with Gasteiger partial charge >= 0.3 is 5.97 Å². The van der Waals surface area contributed by atoms with Crippen LogP contribution in [0.25, 0.3) is 5.70 Å². The molecular weight excluding hydrogens is 521 g/mol. The Kier molecular flexibility index (Phi) is 6.56. The summed E-state index contributed by atoms with van der Waals surface area (Å²) in [6, 6.07) is 17.8. The molecule has 0 radical (unpaired) electrons. The highest BCUT2D eigenvalue weighted by molar-refractivity contribution is 6.35. The zero-order valence-electron chi connectivity index (χ0n) is 19.3. The van der Waals surface area contributed by atoms with Crippen LogP contribution < -0.4 is 10.1 Å². The Labute approximate surface area is 223 Å². The van der Waals surface area contributed by atoms with Crippen LogP contribution in [0.3, 0.4) is 0 Å². The molecule has 1 heterocycles. The number of ketones is 1. The molecule has 0 aromatic heterocycles. The topological polar surface area (TPSA) is 64.6 Å². The summed E-state index contributed by atoms with van der Waals surface area (Å²) in [7, 11) is 1.32. The first-order valence-corrected chi connectivity index (χ1v) is 12.2. The van der Waals surface area contributed by atoms with Gasteiger partial charge in [0.2, 0.25) is 0 Å². The lowest BCUT2D eigenvalue weighted by Crippen LogP contribution is -2.29. The van der Waals surface area contributed by atoms with Crippen molar-refractivity contribution in [3.63, 3.8) is 0 Å². The van der Waals surface area contributed by atoms with Gasteiger partial charge < -0.3 is 14.8 Å². The van der Waals surface area contributed by atoms with Gasteiger partial charge in [0, 0.05) is 43.9 Å². The third kappa shape index (κ3) is 4.17. The largest absolute Gasteiger partial charge is 0.487 e. The van der Waals surface area contributed by atoms with Gasteiger partial charge in [-0.15, -0.1) is 0 Å². The van der Waals surface area contributed by atoms with E-state index >= 15 is 0 Å². The monoisotopic (exact) mass is 539 g/mol. The van der Waals surface area contributed by atoms with Crippen molar-refractivity contribution in [2.75, 3.05) is 7.11 Å². The summed E-state index contributed by atoms with van der Waals surface area (Å²) in [6.45, 7) is 1.99. The highest BCUT2D eigenvalue weighted by Crippen LogP contribution is 2.47. The summed E-state index contributed by atoms with van der Waals surface area (Å²) < 4.78 is 11.0. The minimum absolute atomic E-state index is 0.138. The summed E-state index contributed by atoms with van der Waals surface area (Å²) >= 11 is 18.8. The molecule has 3 aromatic rings. The molecular formula is C28H20Cl3NO4. The molecule has 1 aliphatic heterocycles. The van der Waals surface area contributed by atoms with Crippen LogP contribution in [0.5, 0.6) is 5.75 Å². The Balaban J connectivity index is 1.53. The van der Waals surface area contributed by atoms with Crippen molar-refractivity contribution in [1.82, 2.24) is 5.32 Å². The number of hydrogen-bond acceptors (Lipinski definition) is 5. The van der Waals surface area contributed by atoms with Crippen molar-refractivity contribution in [3.05, 3.63) is 115 Å². The highest BCUT2D eigenvalue weighted by atomic mass is 35.5. The standard InChI is InChI=1S/C28H20Cl3NO4/c1-14-23(28(34)35-2)24(25-26(32-14)18-5-3-4-6-19(18)27(25)33)15-8-10-22(21(31)11-15)36-13-16-7-9-17(29)12-20(16)30/h3-12,24,32H,13H2,1-2H3/t24-/m0/s1. The van der Waals surface area contributed by atoms with E-state index in [9.17, 15) is 9.59 Å². The third-order valence-electron chi connectivity index (χ3n) is 6.34. The van der Waals surface area contributed by atoms with Gasteiger partial charge in [0.25, 0.3) is 0 Å².